The van der Waals surface area contributed by atoms with E-state index in [1.165, 1.54) is 19.2 Å². The number of carbonyl (C=O) groups is 2. The Morgan fingerprint density at radius 3 is 2.89 bits per heavy atom. The fourth-order valence-corrected chi connectivity index (χ4v) is 1.88. The van der Waals surface area contributed by atoms with E-state index in [9.17, 15) is 9.59 Å². The maximum atomic E-state index is 11.7. The average molecular weight is 286 g/mol. The number of nitrogens with one attached hydrogen (secondary N) is 1. The van der Waals surface area contributed by atoms with E-state index in [1.54, 1.807) is 6.92 Å². The summed E-state index contributed by atoms with van der Waals surface area (Å²) in [5.41, 5.74) is 0.386. The Bertz CT molecular complexity index is 531. The Balaban J connectivity index is 2.31. The molecule has 1 heterocycles. The van der Waals surface area contributed by atoms with Gasteiger partial charge in [0.05, 0.1) is 24.4 Å². The minimum absolute atomic E-state index is 0.169. The molecule has 1 unspecified atom stereocenters. The summed E-state index contributed by atoms with van der Waals surface area (Å²) in [6, 6.07) is 3.00. The highest BCUT2D eigenvalue weighted by Crippen LogP contribution is 2.38. The van der Waals surface area contributed by atoms with Crippen molar-refractivity contribution in [2.45, 2.75) is 13.0 Å². The number of rotatable bonds is 3. The van der Waals surface area contributed by atoms with Crippen LogP contribution in [0.3, 0.4) is 0 Å². The van der Waals surface area contributed by atoms with Gasteiger partial charge in [-0.3, -0.25) is 4.79 Å². The summed E-state index contributed by atoms with van der Waals surface area (Å²) in [6.45, 7) is 1.82. The average Bonchev–Trinajstić information content (AvgIpc) is 2.37. The van der Waals surface area contributed by atoms with Crippen LogP contribution in [0.4, 0.5) is 5.69 Å². The second-order valence-corrected chi connectivity index (χ2v) is 4.13. The largest absolute Gasteiger partial charge is 0.495 e. The van der Waals surface area contributed by atoms with Crippen molar-refractivity contribution in [3.63, 3.8) is 0 Å². The topological polar surface area (TPSA) is 73.9 Å². The monoisotopic (exact) mass is 285 g/mol. The van der Waals surface area contributed by atoms with Gasteiger partial charge in [0, 0.05) is 6.07 Å². The van der Waals surface area contributed by atoms with Gasteiger partial charge in [-0.25, -0.2) is 4.79 Å². The molecule has 0 aromatic heterocycles. The van der Waals surface area contributed by atoms with Crippen molar-refractivity contribution in [2.24, 2.45) is 0 Å². The first kappa shape index (κ1) is 13.5. The molecule has 1 aliphatic rings. The fourth-order valence-electron chi connectivity index (χ4n) is 1.64. The molecule has 19 heavy (non-hydrogen) atoms. The second kappa shape index (κ2) is 5.36. The van der Waals surface area contributed by atoms with Gasteiger partial charge >= 0.3 is 5.97 Å². The van der Waals surface area contributed by atoms with Crippen LogP contribution >= 0.6 is 11.6 Å². The Morgan fingerprint density at radius 2 is 2.26 bits per heavy atom. The first-order valence-electron chi connectivity index (χ1n) is 5.58. The van der Waals surface area contributed by atoms with Crippen LogP contribution < -0.4 is 14.8 Å². The van der Waals surface area contributed by atoms with Crippen molar-refractivity contribution >= 4 is 29.2 Å². The molecule has 0 bridgehead atoms. The highest BCUT2D eigenvalue weighted by Gasteiger charge is 2.35. The standard InChI is InChI=1S/C12H12ClNO5/c1-3-18-12(16)10-11(15)14-7-4-6(13)8(17-2)5-9(7)19-10/h4-5,10H,3H2,1-2H3,(H,14,15). The van der Waals surface area contributed by atoms with Crippen molar-refractivity contribution in [3.05, 3.63) is 17.2 Å². The first-order valence-corrected chi connectivity index (χ1v) is 5.96. The van der Waals surface area contributed by atoms with Gasteiger partial charge in [0.2, 0.25) is 0 Å². The third kappa shape index (κ3) is 2.58. The molecule has 1 amide bonds. The summed E-state index contributed by atoms with van der Waals surface area (Å²) >= 11 is 5.93. The van der Waals surface area contributed by atoms with Crippen molar-refractivity contribution in [1.82, 2.24) is 0 Å². The summed E-state index contributed by atoms with van der Waals surface area (Å²) in [5, 5.41) is 2.87. The molecule has 1 atom stereocenters. The van der Waals surface area contributed by atoms with E-state index in [0.29, 0.717) is 22.2 Å². The lowest BCUT2D eigenvalue weighted by Crippen LogP contribution is -2.43. The Hall–Kier alpha value is -1.95. The van der Waals surface area contributed by atoms with Crippen LogP contribution in [0.1, 0.15) is 6.92 Å². The van der Waals surface area contributed by atoms with Gasteiger partial charge in [0.15, 0.2) is 0 Å². The summed E-state index contributed by atoms with van der Waals surface area (Å²) in [4.78, 5) is 23.3. The lowest BCUT2D eigenvalue weighted by molar-refractivity contribution is -0.155. The van der Waals surface area contributed by atoms with Crippen molar-refractivity contribution in [3.8, 4) is 11.5 Å². The smallest absolute Gasteiger partial charge is 0.357 e. The number of ether oxygens (including phenoxy) is 3. The van der Waals surface area contributed by atoms with Crippen LogP contribution in [0.25, 0.3) is 0 Å². The maximum Gasteiger partial charge on any atom is 0.357 e. The lowest BCUT2D eigenvalue weighted by atomic mass is 10.2. The van der Waals surface area contributed by atoms with E-state index in [1.807, 2.05) is 0 Å². The number of esters is 1. The molecule has 1 aliphatic heterocycles. The third-order valence-corrected chi connectivity index (χ3v) is 2.79. The van der Waals surface area contributed by atoms with Crippen molar-refractivity contribution in [1.29, 1.82) is 0 Å². The summed E-state index contributed by atoms with van der Waals surface area (Å²) in [6.07, 6.45) is -1.32. The molecule has 0 fully saturated rings. The zero-order chi connectivity index (χ0) is 14.0. The number of carbonyl (C=O) groups excluding carboxylic acids is 2. The first-order chi connectivity index (χ1) is 9.06. The quantitative estimate of drug-likeness (QED) is 0.675. The van der Waals surface area contributed by atoms with E-state index in [-0.39, 0.29) is 6.61 Å². The zero-order valence-electron chi connectivity index (χ0n) is 10.4. The van der Waals surface area contributed by atoms with E-state index < -0.39 is 18.0 Å². The van der Waals surface area contributed by atoms with E-state index in [0.717, 1.165) is 0 Å². The predicted molar refractivity (Wildman–Crippen MR) is 67.7 cm³/mol. The SMILES string of the molecule is CCOC(=O)C1Oc2cc(OC)c(Cl)cc2NC1=O. The fraction of sp³-hybridized carbons (Fsp3) is 0.333. The number of fused-ring (bicyclic) bond motifs is 1. The predicted octanol–water partition coefficient (Wildman–Crippen LogP) is 1.61. The molecule has 0 radical (unpaired) electrons. The van der Waals surface area contributed by atoms with E-state index in [2.05, 4.69) is 5.32 Å². The lowest BCUT2D eigenvalue weighted by Gasteiger charge is -2.25. The Morgan fingerprint density at radius 1 is 1.53 bits per heavy atom. The number of halogens is 1. The molecule has 1 aromatic carbocycles. The molecular weight excluding hydrogens is 274 g/mol. The Labute approximate surface area is 114 Å². The van der Waals surface area contributed by atoms with Gasteiger partial charge < -0.3 is 19.5 Å². The van der Waals surface area contributed by atoms with Crippen LogP contribution in [0.15, 0.2) is 12.1 Å². The number of hydrogen-bond acceptors (Lipinski definition) is 5. The van der Waals surface area contributed by atoms with Gasteiger partial charge in [-0.05, 0) is 13.0 Å². The van der Waals surface area contributed by atoms with Gasteiger partial charge in [0.1, 0.15) is 11.5 Å². The minimum atomic E-state index is -1.32. The molecule has 102 valence electrons. The normalized spacial score (nSPS) is 17.0. The molecule has 2 rings (SSSR count). The molecule has 0 spiro atoms. The van der Waals surface area contributed by atoms with Crippen LogP contribution in [0.5, 0.6) is 11.5 Å². The number of benzene rings is 1. The Kier molecular flexibility index (Phi) is 3.80. The van der Waals surface area contributed by atoms with Crippen LogP contribution in [-0.2, 0) is 14.3 Å². The van der Waals surface area contributed by atoms with Gasteiger partial charge in [-0.2, -0.15) is 0 Å². The molecule has 0 aliphatic carbocycles. The van der Waals surface area contributed by atoms with Gasteiger partial charge in [-0.1, -0.05) is 11.6 Å². The van der Waals surface area contributed by atoms with E-state index in [4.69, 9.17) is 25.8 Å². The molecule has 6 nitrogen and oxygen atoms in total. The molecule has 1 N–H and O–H groups in total. The maximum absolute atomic E-state index is 11.7. The number of methoxy groups -OCH3 is 1. The third-order valence-electron chi connectivity index (χ3n) is 2.50. The second-order valence-electron chi connectivity index (χ2n) is 3.72. The number of hydrogen-bond donors (Lipinski definition) is 1. The van der Waals surface area contributed by atoms with Gasteiger partial charge in [0.25, 0.3) is 12.0 Å². The molecular formula is C12H12ClNO5. The van der Waals surface area contributed by atoms with Crippen LogP contribution in [-0.4, -0.2) is 31.7 Å². The van der Waals surface area contributed by atoms with Crippen LogP contribution in [0.2, 0.25) is 5.02 Å². The summed E-state index contributed by atoms with van der Waals surface area (Å²) in [7, 11) is 1.46. The minimum Gasteiger partial charge on any atom is -0.495 e. The summed E-state index contributed by atoms with van der Waals surface area (Å²) in [5.74, 6) is -0.634. The zero-order valence-corrected chi connectivity index (χ0v) is 11.1. The van der Waals surface area contributed by atoms with Crippen molar-refractivity contribution < 1.29 is 23.8 Å². The van der Waals surface area contributed by atoms with Crippen molar-refractivity contribution in [2.75, 3.05) is 19.0 Å². The van der Waals surface area contributed by atoms with E-state index >= 15 is 0 Å². The highest BCUT2D eigenvalue weighted by atomic mass is 35.5. The van der Waals surface area contributed by atoms with Gasteiger partial charge in [-0.15, -0.1) is 0 Å². The number of amides is 1. The molecule has 1 aromatic rings. The molecule has 0 saturated heterocycles. The highest BCUT2D eigenvalue weighted by molar-refractivity contribution is 6.32. The number of anilines is 1. The summed E-state index contributed by atoms with van der Waals surface area (Å²) < 4.78 is 15.1. The molecule has 7 heteroatoms. The molecule has 0 saturated carbocycles. The van der Waals surface area contributed by atoms with Crippen LogP contribution in [0, 0.1) is 0 Å².